The zero-order valence-electron chi connectivity index (χ0n) is 17.0. The molecule has 0 N–H and O–H groups in total. The Kier molecular flexibility index (Phi) is 6.04. The first-order valence-electron chi connectivity index (χ1n) is 10.3. The maximum atomic E-state index is 13.5. The fourth-order valence-electron chi connectivity index (χ4n) is 4.54. The van der Waals surface area contributed by atoms with Crippen LogP contribution in [0.4, 0.5) is 0 Å². The number of carbonyl (C=O) groups excluding carboxylic acids is 2. The van der Waals surface area contributed by atoms with Crippen molar-refractivity contribution in [2.45, 2.75) is 50.7 Å². The second-order valence-corrected chi connectivity index (χ2v) is 8.71. The van der Waals surface area contributed by atoms with E-state index in [1.54, 1.807) is 12.1 Å². The maximum Gasteiger partial charge on any atom is 0.181 e. The molecular formula is C24H24Cl2O4. The van der Waals surface area contributed by atoms with E-state index in [1.807, 2.05) is 38.1 Å². The van der Waals surface area contributed by atoms with Crippen molar-refractivity contribution in [3.8, 4) is 11.1 Å². The van der Waals surface area contributed by atoms with E-state index in [-0.39, 0.29) is 18.2 Å². The summed E-state index contributed by atoms with van der Waals surface area (Å²) in [5.41, 5.74) is 2.49. The van der Waals surface area contributed by atoms with Crippen molar-refractivity contribution in [3.63, 3.8) is 0 Å². The van der Waals surface area contributed by atoms with E-state index >= 15 is 0 Å². The molecule has 0 amide bonds. The third kappa shape index (κ3) is 3.60. The van der Waals surface area contributed by atoms with Gasteiger partial charge < -0.3 is 9.47 Å². The van der Waals surface area contributed by atoms with Crippen LogP contribution in [0.25, 0.3) is 11.1 Å². The molecule has 0 aromatic heterocycles. The molecule has 30 heavy (non-hydrogen) atoms. The molecule has 2 saturated heterocycles. The summed E-state index contributed by atoms with van der Waals surface area (Å²) in [6, 6.07) is 11.2. The molecule has 2 bridgehead atoms. The second-order valence-electron chi connectivity index (χ2n) is 7.87. The normalized spacial score (nSPS) is 25.7. The van der Waals surface area contributed by atoms with Gasteiger partial charge in [-0.2, -0.15) is 0 Å². The Hall–Kier alpha value is -1.72. The molecule has 2 aromatic rings. The van der Waals surface area contributed by atoms with Crippen molar-refractivity contribution in [1.82, 2.24) is 0 Å². The van der Waals surface area contributed by atoms with Gasteiger partial charge in [0.05, 0.1) is 6.61 Å². The molecule has 2 aliphatic heterocycles. The van der Waals surface area contributed by atoms with E-state index in [0.717, 1.165) is 22.3 Å². The quantitative estimate of drug-likeness (QED) is 0.556. The Morgan fingerprint density at radius 1 is 1.13 bits per heavy atom. The van der Waals surface area contributed by atoms with Crippen LogP contribution in [0.1, 0.15) is 43.7 Å². The number of rotatable bonds is 6. The second kappa shape index (κ2) is 8.43. The lowest BCUT2D eigenvalue weighted by molar-refractivity contribution is -0.170. The number of ether oxygens (including phenoxy) is 2. The first-order valence-corrected chi connectivity index (χ1v) is 11.1. The number of aryl methyl sites for hydroxylation is 1. The molecule has 0 spiro atoms. The zero-order valence-corrected chi connectivity index (χ0v) is 18.6. The number of hydrogen-bond acceptors (Lipinski definition) is 4. The lowest BCUT2D eigenvalue weighted by atomic mass is 9.78. The van der Waals surface area contributed by atoms with E-state index in [0.29, 0.717) is 35.9 Å². The average molecular weight is 447 g/mol. The topological polar surface area (TPSA) is 52.6 Å². The van der Waals surface area contributed by atoms with Crippen LogP contribution in [0.3, 0.4) is 0 Å². The lowest BCUT2D eigenvalue weighted by Gasteiger charge is -2.36. The minimum atomic E-state index is -1.01. The third-order valence-electron chi connectivity index (χ3n) is 6.11. The van der Waals surface area contributed by atoms with Crippen LogP contribution in [0, 0.1) is 0 Å². The minimum absolute atomic E-state index is 0.142. The van der Waals surface area contributed by atoms with Gasteiger partial charge in [-0.25, -0.2) is 0 Å². The summed E-state index contributed by atoms with van der Waals surface area (Å²) in [6.07, 6.45) is 1.24. The molecule has 0 radical (unpaired) electrons. The Labute approximate surface area is 186 Å². The van der Waals surface area contributed by atoms with Gasteiger partial charge in [-0.1, -0.05) is 54.4 Å². The highest BCUT2D eigenvalue weighted by Crippen LogP contribution is 2.45. The monoisotopic (exact) mass is 446 g/mol. The first kappa shape index (κ1) is 21.5. The zero-order chi connectivity index (χ0) is 21.5. The molecule has 2 fully saturated rings. The van der Waals surface area contributed by atoms with Gasteiger partial charge in [-0.3, -0.25) is 9.59 Å². The average Bonchev–Trinajstić information content (AvgIpc) is 3.14. The third-order valence-corrected chi connectivity index (χ3v) is 6.66. The van der Waals surface area contributed by atoms with E-state index < -0.39 is 17.6 Å². The van der Waals surface area contributed by atoms with Gasteiger partial charge in [0.2, 0.25) is 0 Å². The summed E-state index contributed by atoms with van der Waals surface area (Å²) in [4.78, 5) is 26.6. The smallest absolute Gasteiger partial charge is 0.181 e. The van der Waals surface area contributed by atoms with Gasteiger partial charge >= 0.3 is 0 Å². The van der Waals surface area contributed by atoms with E-state index in [2.05, 4.69) is 0 Å². The van der Waals surface area contributed by atoms with Gasteiger partial charge in [-0.15, -0.1) is 0 Å². The van der Waals surface area contributed by atoms with Crippen molar-refractivity contribution in [3.05, 3.63) is 57.6 Å². The molecule has 4 rings (SSSR count). The molecule has 0 aliphatic carbocycles. The standard InChI is InChI=1S/C24H24Cl2O4/c1-3-14-11-15(17-8-6-16(25)12-19(17)26)5-7-18(14)21-22(27)20-9-10-24(30-20,23(21)28)13-29-4-2/h5-8,11-12,20-21H,3-4,9-10,13H2,1-2H3/t20-,21?,24-/m0/s1. The summed E-state index contributed by atoms with van der Waals surface area (Å²) >= 11 is 12.4. The molecule has 1 unspecified atom stereocenters. The summed E-state index contributed by atoms with van der Waals surface area (Å²) in [5, 5.41) is 1.13. The number of Topliss-reactive ketones (excluding diaryl/α,β-unsaturated/α-hetero) is 2. The highest BCUT2D eigenvalue weighted by atomic mass is 35.5. The van der Waals surface area contributed by atoms with Gasteiger partial charge in [0.1, 0.15) is 12.0 Å². The van der Waals surface area contributed by atoms with Crippen LogP contribution in [-0.4, -0.2) is 36.5 Å². The number of ketones is 2. The highest BCUT2D eigenvalue weighted by molar-refractivity contribution is 6.36. The lowest BCUT2D eigenvalue weighted by Crippen LogP contribution is -2.53. The molecule has 2 aliphatic rings. The fraction of sp³-hybridized carbons (Fsp3) is 0.417. The molecule has 3 atom stereocenters. The van der Waals surface area contributed by atoms with Crippen LogP contribution in [0.15, 0.2) is 36.4 Å². The van der Waals surface area contributed by atoms with Gasteiger partial charge in [0.25, 0.3) is 0 Å². The Bertz CT molecular complexity index is 1000. The molecule has 2 heterocycles. The summed E-state index contributed by atoms with van der Waals surface area (Å²) in [7, 11) is 0. The summed E-state index contributed by atoms with van der Waals surface area (Å²) in [6.45, 7) is 4.60. The van der Waals surface area contributed by atoms with Gasteiger partial charge in [0.15, 0.2) is 17.2 Å². The van der Waals surface area contributed by atoms with E-state index in [4.69, 9.17) is 32.7 Å². The van der Waals surface area contributed by atoms with Crippen molar-refractivity contribution >= 4 is 34.8 Å². The van der Waals surface area contributed by atoms with Crippen LogP contribution in [0.5, 0.6) is 0 Å². The highest BCUT2D eigenvalue weighted by Gasteiger charge is 2.58. The number of halogens is 2. The molecule has 158 valence electrons. The number of benzene rings is 2. The number of hydrogen-bond donors (Lipinski definition) is 0. The van der Waals surface area contributed by atoms with Crippen molar-refractivity contribution in [2.75, 3.05) is 13.2 Å². The van der Waals surface area contributed by atoms with Gasteiger partial charge in [-0.05, 0) is 55.0 Å². The van der Waals surface area contributed by atoms with Crippen LogP contribution < -0.4 is 0 Å². The van der Waals surface area contributed by atoms with Gasteiger partial charge in [0, 0.05) is 22.2 Å². The molecular weight excluding hydrogens is 423 g/mol. The van der Waals surface area contributed by atoms with E-state index in [1.165, 1.54) is 0 Å². The maximum absolute atomic E-state index is 13.5. The largest absolute Gasteiger partial charge is 0.378 e. The van der Waals surface area contributed by atoms with Crippen molar-refractivity contribution in [2.24, 2.45) is 0 Å². The predicted octanol–water partition coefficient (Wildman–Crippen LogP) is 5.41. The molecule has 2 aromatic carbocycles. The number of carbonyl (C=O) groups is 2. The molecule has 6 heteroatoms. The van der Waals surface area contributed by atoms with Crippen LogP contribution in [0.2, 0.25) is 10.0 Å². The van der Waals surface area contributed by atoms with Crippen LogP contribution in [-0.2, 0) is 25.5 Å². The minimum Gasteiger partial charge on any atom is -0.378 e. The predicted molar refractivity (Wildman–Crippen MR) is 117 cm³/mol. The van der Waals surface area contributed by atoms with E-state index in [9.17, 15) is 9.59 Å². The Morgan fingerprint density at radius 3 is 2.63 bits per heavy atom. The molecule has 4 nitrogen and oxygen atoms in total. The molecule has 0 saturated carbocycles. The van der Waals surface area contributed by atoms with Crippen molar-refractivity contribution < 1.29 is 19.1 Å². The number of fused-ring (bicyclic) bond motifs is 2. The fourth-order valence-corrected chi connectivity index (χ4v) is 5.06. The van der Waals surface area contributed by atoms with Crippen molar-refractivity contribution in [1.29, 1.82) is 0 Å². The SMILES string of the molecule is CCOC[C@]12CC[C@H](O1)C(=O)C(c1ccc(-c3ccc(Cl)cc3Cl)cc1CC)C2=O. The summed E-state index contributed by atoms with van der Waals surface area (Å²) < 4.78 is 11.5. The Morgan fingerprint density at radius 2 is 1.93 bits per heavy atom. The Balaban J connectivity index is 1.74. The first-order chi connectivity index (χ1) is 14.4. The summed E-state index contributed by atoms with van der Waals surface area (Å²) in [5.74, 6) is -1.13. The van der Waals surface area contributed by atoms with Crippen LogP contribution >= 0.6 is 23.2 Å².